The Labute approximate surface area is 118 Å². The van der Waals surface area contributed by atoms with Crippen LogP contribution in [0.5, 0.6) is 0 Å². The van der Waals surface area contributed by atoms with Gasteiger partial charge in [-0.25, -0.2) is 4.39 Å². The fourth-order valence-corrected chi connectivity index (χ4v) is 2.47. The highest BCUT2D eigenvalue weighted by molar-refractivity contribution is 9.10. The summed E-state index contributed by atoms with van der Waals surface area (Å²) in [6.45, 7) is 0. The number of hydrogen-bond acceptors (Lipinski definition) is 2. The number of benzene rings is 1. The van der Waals surface area contributed by atoms with E-state index >= 15 is 0 Å². The van der Waals surface area contributed by atoms with E-state index in [1.54, 1.807) is 12.1 Å². The highest BCUT2D eigenvalue weighted by Crippen LogP contribution is 2.17. The van der Waals surface area contributed by atoms with Crippen molar-refractivity contribution in [3.05, 3.63) is 64.3 Å². The van der Waals surface area contributed by atoms with E-state index in [1.807, 2.05) is 28.8 Å². The average Bonchev–Trinajstić information content (AvgIpc) is 2.83. The first-order valence-electron chi connectivity index (χ1n) is 5.97. The second-order valence-corrected chi connectivity index (χ2v) is 5.11. The van der Waals surface area contributed by atoms with Crippen LogP contribution in [0.3, 0.4) is 0 Å². The molecule has 0 fully saturated rings. The SMILES string of the molecule is Fc1ccccc1CCc1nnc2c(Br)cccn12. The lowest BCUT2D eigenvalue weighted by Gasteiger charge is -2.02. The van der Waals surface area contributed by atoms with E-state index in [0.717, 1.165) is 15.9 Å². The maximum Gasteiger partial charge on any atom is 0.175 e. The molecule has 0 amide bonds. The van der Waals surface area contributed by atoms with Crippen LogP contribution in [-0.2, 0) is 12.8 Å². The fourth-order valence-electron chi connectivity index (χ4n) is 2.05. The third-order valence-corrected chi connectivity index (χ3v) is 3.65. The number of nitrogens with zero attached hydrogens (tertiary/aromatic N) is 3. The van der Waals surface area contributed by atoms with Crippen molar-refractivity contribution in [1.82, 2.24) is 14.6 Å². The lowest BCUT2D eigenvalue weighted by Crippen LogP contribution is -1.99. The summed E-state index contributed by atoms with van der Waals surface area (Å²) in [4.78, 5) is 0. The van der Waals surface area contributed by atoms with Gasteiger partial charge in [-0.2, -0.15) is 0 Å². The minimum Gasteiger partial charge on any atom is -0.285 e. The smallest absolute Gasteiger partial charge is 0.175 e. The topological polar surface area (TPSA) is 30.2 Å². The van der Waals surface area contributed by atoms with Crippen molar-refractivity contribution in [2.75, 3.05) is 0 Å². The van der Waals surface area contributed by atoms with Gasteiger partial charge in [-0.05, 0) is 46.1 Å². The number of pyridine rings is 1. The lowest BCUT2D eigenvalue weighted by atomic mass is 10.1. The van der Waals surface area contributed by atoms with Crippen molar-refractivity contribution in [3.8, 4) is 0 Å². The lowest BCUT2D eigenvalue weighted by molar-refractivity contribution is 0.607. The van der Waals surface area contributed by atoms with Gasteiger partial charge in [-0.3, -0.25) is 4.40 Å². The molecule has 0 aliphatic carbocycles. The summed E-state index contributed by atoms with van der Waals surface area (Å²) in [6.07, 6.45) is 3.18. The number of aryl methyl sites for hydroxylation is 2. The highest BCUT2D eigenvalue weighted by atomic mass is 79.9. The molecule has 3 rings (SSSR count). The normalized spacial score (nSPS) is 11.1. The number of hydrogen-bond donors (Lipinski definition) is 0. The van der Waals surface area contributed by atoms with Crippen molar-refractivity contribution < 1.29 is 4.39 Å². The van der Waals surface area contributed by atoms with Crippen molar-refractivity contribution >= 4 is 21.6 Å². The van der Waals surface area contributed by atoms with Crippen LogP contribution in [0.1, 0.15) is 11.4 Å². The molecule has 3 aromatic rings. The molecule has 0 aliphatic heterocycles. The van der Waals surface area contributed by atoms with E-state index < -0.39 is 0 Å². The van der Waals surface area contributed by atoms with Crippen LogP contribution < -0.4 is 0 Å². The molecule has 0 aliphatic rings. The minimum absolute atomic E-state index is 0.169. The molecule has 2 heterocycles. The monoisotopic (exact) mass is 319 g/mol. The van der Waals surface area contributed by atoms with Gasteiger partial charge in [-0.15, -0.1) is 10.2 Å². The number of aromatic nitrogens is 3. The quantitative estimate of drug-likeness (QED) is 0.740. The Balaban J connectivity index is 1.87. The Kier molecular flexibility index (Phi) is 3.29. The predicted octanol–water partition coefficient (Wildman–Crippen LogP) is 3.42. The largest absolute Gasteiger partial charge is 0.285 e. The van der Waals surface area contributed by atoms with E-state index in [4.69, 9.17) is 0 Å². The van der Waals surface area contributed by atoms with Gasteiger partial charge < -0.3 is 0 Å². The maximum absolute atomic E-state index is 13.5. The molecule has 96 valence electrons. The number of rotatable bonds is 3. The van der Waals surface area contributed by atoms with Crippen LogP contribution in [0.4, 0.5) is 4.39 Å². The minimum atomic E-state index is -0.169. The Morgan fingerprint density at radius 3 is 2.74 bits per heavy atom. The molecule has 0 spiro atoms. The third kappa shape index (κ3) is 2.38. The zero-order valence-electron chi connectivity index (χ0n) is 10.1. The second kappa shape index (κ2) is 5.09. The van der Waals surface area contributed by atoms with Crippen molar-refractivity contribution in [1.29, 1.82) is 0 Å². The Morgan fingerprint density at radius 1 is 1.05 bits per heavy atom. The van der Waals surface area contributed by atoms with Crippen molar-refractivity contribution in [2.45, 2.75) is 12.8 Å². The zero-order chi connectivity index (χ0) is 13.2. The molecule has 0 saturated carbocycles. The summed E-state index contributed by atoms with van der Waals surface area (Å²) in [5, 5.41) is 8.29. The highest BCUT2D eigenvalue weighted by Gasteiger charge is 2.09. The Hall–Kier alpha value is -1.75. The Bertz CT molecular complexity index is 724. The van der Waals surface area contributed by atoms with Crippen LogP contribution in [0.2, 0.25) is 0 Å². The van der Waals surface area contributed by atoms with Gasteiger partial charge in [0.2, 0.25) is 0 Å². The van der Waals surface area contributed by atoms with Crippen molar-refractivity contribution in [2.24, 2.45) is 0 Å². The van der Waals surface area contributed by atoms with Gasteiger partial charge in [0.1, 0.15) is 11.6 Å². The van der Waals surface area contributed by atoms with Crippen LogP contribution in [0, 0.1) is 5.82 Å². The van der Waals surface area contributed by atoms with Gasteiger partial charge in [-0.1, -0.05) is 18.2 Å². The van der Waals surface area contributed by atoms with Crippen molar-refractivity contribution in [3.63, 3.8) is 0 Å². The molecule has 0 N–H and O–H groups in total. The molecule has 3 nitrogen and oxygen atoms in total. The average molecular weight is 320 g/mol. The first kappa shape index (κ1) is 12.3. The van der Waals surface area contributed by atoms with Crippen LogP contribution in [0.25, 0.3) is 5.65 Å². The molecule has 0 atom stereocenters. The third-order valence-electron chi connectivity index (χ3n) is 3.03. The van der Waals surface area contributed by atoms with Gasteiger partial charge >= 0.3 is 0 Å². The van der Waals surface area contributed by atoms with Gasteiger partial charge in [0.05, 0.1) is 4.47 Å². The van der Waals surface area contributed by atoms with E-state index in [2.05, 4.69) is 26.1 Å². The number of halogens is 2. The molecule has 19 heavy (non-hydrogen) atoms. The standard InChI is InChI=1S/C14H11BrFN3/c15-11-5-3-9-19-13(17-18-14(11)19)8-7-10-4-1-2-6-12(10)16/h1-6,9H,7-8H2. The molecule has 2 aromatic heterocycles. The first-order chi connectivity index (χ1) is 9.25. The summed E-state index contributed by atoms with van der Waals surface area (Å²) >= 11 is 3.43. The molecule has 0 radical (unpaired) electrons. The molecule has 5 heteroatoms. The first-order valence-corrected chi connectivity index (χ1v) is 6.76. The van der Waals surface area contributed by atoms with Crippen LogP contribution in [-0.4, -0.2) is 14.6 Å². The Morgan fingerprint density at radius 2 is 1.89 bits per heavy atom. The zero-order valence-corrected chi connectivity index (χ0v) is 11.6. The van der Waals surface area contributed by atoms with Gasteiger partial charge in [0.25, 0.3) is 0 Å². The fraction of sp³-hybridized carbons (Fsp3) is 0.143. The predicted molar refractivity (Wildman–Crippen MR) is 74.5 cm³/mol. The summed E-state index contributed by atoms with van der Waals surface area (Å²) in [6, 6.07) is 10.7. The van der Waals surface area contributed by atoms with E-state index in [-0.39, 0.29) is 5.82 Å². The van der Waals surface area contributed by atoms with Gasteiger partial charge in [0, 0.05) is 12.6 Å². The second-order valence-electron chi connectivity index (χ2n) is 4.26. The summed E-state index contributed by atoms with van der Waals surface area (Å²) in [5.41, 5.74) is 1.49. The van der Waals surface area contributed by atoms with E-state index in [1.165, 1.54) is 6.07 Å². The summed E-state index contributed by atoms with van der Waals surface area (Å²) < 4.78 is 16.4. The summed E-state index contributed by atoms with van der Waals surface area (Å²) in [5.74, 6) is 0.664. The molecule has 0 saturated heterocycles. The summed E-state index contributed by atoms with van der Waals surface area (Å²) in [7, 11) is 0. The molecular weight excluding hydrogens is 309 g/mol. The van der Waals surface area contributed by atoms with Crippen LogP contribution >= 0.6 is 15.9 Å². The number of fused-ring (bicyclic) bond motifs is 1. The van der Waals surface area contributed by atoms with E-state index in [9.17, 15) is 4.39 Å². The molecular formula is C14H11BrFN3. The van der Waals surface area contributed by atoms with Crippen LogP contribution in [0.15, 0.2) is 47.1 Å². The molecule has 0 bridgehead atoms. The van der Waals surface area contributed by atoms with Gasteiger partial charge in [0.15, 0.2) is 5.65 Å². The molecule has 0 unspecified atom stereocenters. The molecule has 1 aromatic carbocycles. The van der Waals surface area contributed by atoms with E-state index in [0.29, 0.717) is 18.4 Å². The maximum atomic E-state index is 13.5.